The van der Waals surface area contributed by atoms with Crippen LogP contribution in [0.4, 0.5) is 0 Å². The number of carbonyl (C=O) groups excluding carboxylic acids is 1. The van der Waals surface area contributed by atoms with Gasteiger partial charge in [-0.2, -0.15) is 5.26 Å². The highest BCUT2D eigenvalue weighted by atomic mass is 35.5. The quantitative estimate of drug-likeness (QED) is 0.859. The average Bonchev–Trinajstić information content (AvgIpc) is 2.37. The Labute approximate surface area is 119 Å². The minimum Gasteiger partial charge on any atom is -0.349 e. The molecule has 0 spiro atoms. The third-order valence-electron chi connectivity index (χ3n) is 3.02. The number of rotatable bonds is 4. The van der Waals surface area contributed by atoms with Gasteiger partial charge in [-0.15, -0.1) is 11.6 Å². The van der Waals surface area contributed by atoms with E-state index in [9.17, 15) is 4.79 Å². The summed E-state index contributed by atoms with van der Waals surface area (Å²) in [4.78, 5) is 12.1. The van der Waals surface area contributed by atoms with Crippen molar-refractivity contribution in [3.63, 3.8) is 0 Å². The SMILES string of the molecule is CC(C)(C)C(CCCl)NC(=O)c1ccc(C#N)cc1. The molecule has 0 fully saturated rings. The highest BCUT2D eigenvalue weighted by Gasteiger charge is 2.25. The van der Waals surface area contributed by atoms with Crippen LogP contribution in [0.15, 0.2) is 24.3 Å². The average molecular weight is 279 g/mol. The summed E-state index contributed by atoms with van der Waals surface area (Å²) >= 11 is 5.78. The van der Waals surface area contributed by atoms with Gasteiger partial charge in [0, 0.05) is 17.5 Å². The Balaban J connectivity index is 2.79. The normalized spacial score (nSPS) is 12.6. The Morgan fingerprint density at radius 1 is 1.37 bits per heavy atom. The molecule has 1 aromatic carbocycles. The molecule has 0 aliphatic carbocycles. The van der Waals surface area contributed by atoms with Gasteiger partial charge < -0.3 is 5.32 Å². The number of hydrogen-bond acceptors (Lipinski definition) is 2. The van der Waals surface area contributed by atoms with Gasteiger partial charge in [-0.1, -0.05) is 20.8 Å². The molecule has 0 heterocycles. The van der Waals surface area contributed by atoms with E-state index >= 15 is 0 Å². The predicted octanol–water partition coefficient (Wildman–Crippen LogP) is 3.33. The molecule has 1 aromatic rings. The van der Waals surface area contributed by atoms with Gasteiger partial charge in [-0.05, 0) is 36.1 Å². The van der Waals surface area contributed by atoms with Crippen molar-refractivity contribution in [2.75, 3.05) is 5.88 Å². The maximum Gasteiger partial charge on any atom is 0.251 e. The van der Waals surface area contributed by atoms with Crippen LogP contribution in [0.5, 0.6) is 0 Å². The molecule has 0 saturated carbocycles. The number of halogens is 1. The summed E-state index contributed by atoms with van der Waals surface area (Å²) in [5, 5.41) is 11.7. The van der Waals surface area contributed by atoms with Crippen LogP contribution in [0.25, 0.3) is 0 Å². The fourth-order valence-electron chi connectivity index (χ4n) is 1.77. The lowest BCUT2D eigenvalue weighted by molar-refractivity contribution is 0.0900. The van der Waals surface area contributed by atoms with Gasteiger partial charge in [0.2, 0.25) is 0 Å². The molecule has 1 atom stereocenters. The maximum atomic E-state index is 12.1. The van der Waals surface area contributed by atoms with Crippen molar-refractivity contribution in [3.05, 3.63) is 35.4 Å². The van der Waals surface area contributed by atoms with Crippen molar-refractivity contribution in [3.8, 4) is 6.07 Å². The first-order valence-corrected chi connectivity index (χ1v) is 6.79. The zero-order valence-corrected chi connectivity index (χ0v) is 12.3. The predicted molar refractivity (Wildman–Crippen MR) is 77.2 cm³/mol. The molecule has 0 radical (unpaired) electrons. The van der Waals surface area contributed by atoms with Crippen molar-refractivity contribution >= 4 is 17.5 Å². The van der Waals surface area contributed by atoms with E-state index < -0.39 is 0 Å². The molecule has 1 rings (SSSR count). The fraction of sp³-hybridized carbons (Fsp3) is 0.467. The molecule has 0 aromatic heterocycles. The number of nitrogens with zero attached hydrogens (tertiary/aromatic N) is 1. The smallest absolute Gasteiger partial charge is 0.251 e. The second-order valence-electron chi connectivity index (χ2n) is 5.56. The van der Waals surface area contributed by atoms with Crippen LogP contribution in [0.1, 0.15) is 43.1 Å². The summed E-state index contributed by atoms with van der Waals surface area (Å²) in [6.45, 7) is 6.22. The van der Waals surface area contributed by atoms with E-state index in [1.165, 1.54) is 0 Å². The van der Waals surface area contributed by atoms with Gasteiger partial charge in [-0.25, -0.2) is 0 Å². The van der Waals surface area contributed by atoms with Crippen LogP contribution in [0.3, 0.4) is 0 Å². The number of alkyl halides is 1. The molecule has 0 aliphatic heterocycles. The van der Waals surface area contributed by atoms with E-state index in [1.54, 1.807) is 24.3 Å². The van der Waals surface area contributed by atoms with Gasteiger partial charge in [0.15, 0.2) is 0 Å². The number of nitriles is 1. The molecule has 1 unspecified atom stereocenters. The van der Waals surface area contributed by atoms with Crippen LogP contribution in [0, 0.1) is 16.7 Å². The second-order valence-corrected chi connectivity index (χ2v) is 5.94. The third-order valence-corrected chi connectivity index (χ3v) is 3.24. The van der Waals surface area contributed by atoms with Crippen LogP contribution >= 0.6 is 11.6 Å². The monoisotopic (exact) mass is 278 g/mol. The van der Waals surface area contributed by atoms with E-state index in [1.807, 2.05) is 6.07 Å². The Morgan fingerprint density at radius 2 is 1.95 bits per heavy atom. The number of benzene rings is 1. The van der Waals surface area contributed by atoms with Crippen LogP contribution in [-0.2, 0) is 0 Å². The number of amides is 1. The van der Waals surface area contributed by atoms with Gasteiger partial charge in [0.05, 0.1) is 11.6 Å². The summed E-state index contributed by atoms with van der Waals surface area (Å²) < 4.78 is 0. The summed E-state index contributed by atoms with van der Waals surface area (Å²) in [6, 6.07) is 8.66. The van der Waals surface area contributed by atoms with Crippen molar-refractivity contribution < 1.29 is 4.79 Å². The Bertz CT molecular complexity index is 468. The summed E-state index contributed by atoms with van der Waals surface area (Å²) in [6.07, 6.45) is 0.729. The van der Waals surface area contributed by atoms with Gasteiger partial charge in [0.25, 0.3) is 5.91 Å². The molecule has 1 amide bonds. The molecule has 4 heteroatoms. The molecule has 3 nitrogen and oxygen atoms in total. The van der Waals surface area contributed by atoms with Gasteiger partial charge in [-0.3, -0.25) is 4.79 Å². The van der Waals surface area contributed by atoms with E-state index in [0.29, 0.717) is 17.0 Å². The molecule has 0 bridgehead atoms. The van der Waals surface area contributed by atoms with Crippen LogP contribution < -0.4 is 5.32 Å². The van der Waals surface area contributed by atoms with E-state index in [4.69, 9.17) is 16.9 Å². The van der Waals surface area contributed by atoms with Crippen LogP contribution in [0.2, 0.25) is 0 Å². The first-order chi connectivity index (χ1) is 8.88. The van der Waals surface area contributed by atoms with E-state index in [-0.39, 0.29) is 17.4 Å². The third kappa shape index (κ3) is 4.57. The lowest BCUT2D eigenvalue weighted by Crippen LogP contribution is -2.44. The minimum atomic E-state index is -0.130. The van der Waals surface area contributed by atoms with Gasteiger partial charge in [0.1, 0.15) is 0 Å². The van der Waals surface area contributed by atoms with Crippen molar-refractivity contribution in [2.24, 2.45) is 5.41 Å². The van der Waals surface area contributed by atoms with E-state index in [0.717, 1.165) is 6.42 Å². The molecule has 1 N–H and O–H groups in total. The first kappa shape index (κ1) is 15.5. The second kappa shape index (κ2) is 6.58. The van der Waals surface area contributed by atoms with Crippen molar-refractivity contribution in [2.45, 2.75) is 33.2 Å². The Hall–Kier alpha value is -1.53. The largest absolute Gasteiger partial charge is 0.349 e. The molecular weight excluding hydrogens is 260 g/mol. The topological polar surface area (TPSA) is 52.9 Å². The Morgan fingerprint density at radius 3 is 2.37 bits per heavy atom. The minimum absolute atomic E-state index is 0.0214. The molecule has 19 heavy (non-hydrogen) atoms. The standard InChI is InChI=1S/C15H19ClN2O/c1-15(2,3)13(8-9-16)18-14(19)12-6-4-11(10-17)5-7-12/h4-7,13H,8-9H2,1-3H3,(H,18,19). The molecule has 0 saturated heterocycles. The van der Waals surface area contributed by atoms with E-state index in [2.05, 4.69) is 26.1 Å². The first-order valence-electron chi connectivity index (χ1n) is 6.25. The summed E-state index contributed by atoms with van der Waals surface area (Å²) in [5.41, 5.74) is 1.06. The zero-order valence-electron chi connectivity index (χ0n) is 11.5. The number of carbonyl (C=O) groups is 1. The lowest BCUT2D eigenvalue weighted by atomic mass is 9.85. The Kier molecular flexibility index (Phi) is 5.38. The fourth-order valence-corrected chi connectivity index (χ4v) is 1.99. The molecular formula is C15H19ClN2O. The number of hydrogen-bond donors (Lipinski definition) is 1. The highest BCUT2D eigenvalue weighted by Crippen LogP contribution is 2.22. The molecule has 102 valence electrons. The van der Waals surface area contributed by atoms with Crippen molar-refractivity contribution in [1.29, 1.82) is 5.26 Å². The van der Waals surface area contributed by atoms with Crippen molar-refractivity contribution in [1.82, 2.24) is 5.32 Å². The number of nitrogens with one attached hydrogen (secondary N) is 1. The summed E-state index contributed by atoms with van der Waals surface area (Å²) in [7, 11) is 0. The molecule has 0 aliphatic rings. The van der Waals surface area contributed by atoms with Crippen LogP contribution in [-0.4, -0.2) is 17.8 Å². The van der Waals surface area contributed by atoms with Gasteiger partial charge >= 0.3 is 0 Å². The zero-order chi connectivity index (χ0) is 14.5. The highest BCUT2D eigenvalue weighted by molar-refractivity contribution is 6.17. The lowest BCUT2D eigenvalue weighted by Gasteiger charge is -2.31. The maximum absolute atomic E-state index is 12.1. The summed E-state index contributed by atoms with van der Waals surface area (Å²) in [5.74, 6) is 0.379.